The summed E-state index contributed by atoms with van der Waals surface area (Å²) in [4.78, 5) is 58.8. The van der Waals surface area contributed by atoms with E-state index in [1.54, 1.807) is 6.20 Å². The molecule has 0 amide bonds. The topological polar surface area (TPSA) is 123 Å². The second-order valence-electron chi connectivity index (χ2n) is 13.4. The molecular weight excluding hydrogens is 564 g/mol. The molecule has 1 aromatic rings. The Morgan fingerprint density at radius 2 is 1.80 bits per heavy atom. The fraction of sp³-hybridized carbons (Fsp3) is 0.588. The van der Waals surface area contributed by atoms with Crippen molar-refractivity contribution in [3.05, 3.63) is 58.8 Å². The molecule has 2 heterocycles. The van der Waals surface area contributed by atoms with Crippen molar-refractivity contribution < 1.29 is 38.5 Å². The molecule has 1 saturated carbocycles. The Bertz CT molecular complexity index is 1410. The molecule has 5 aliphatic rings. The number of benzene rings is 1. The van der Waals surface area contributed by atoms with E-state index in [-0.39, 0.29) is 18.1 Å². The number of hydrogen-bond acceptors (Lipinski definition) is 10. The molecule has 6 rings (SSSR count). The summed E-state index contributed by atoms with van der Waals surface area (Å²) in [6.07, 6.45) is 0.566. The molecule has 7 atom stereocenters. The van der Waals surface area contributed by atoms with Crippen molar-refractivity contribution >= 4 is 23.5 Å². The Labute approximate surface area is 258 Å². The minimum Gasteiger partial charge on any atom is -0.458 e. The van der Waals surface area contributed by atoms with Crippen molar-refractivity contribution in [3.63, 3.8) is 0 Å². The number of aliphatic hydroxyl groups is 1. The van der Waals surface area contributed by atoms with Crippen LogP contribution >= 0.6 is 0 Å². The van der Waals surface area contributed by atoms with Crippen molar-refractivity contribution in [1.82, 2.24) is 9.80 Å². The van der Waals surface area contributed by atoms with Gasteiger partial charge in [0.15, 0.2) is 0 Å². The van der Waals surface area contributed by atoms with Crippen molar-refractivity contribution in [2.24, 2.45) is 22.7 Å². The zero-order valence-electron chi connectivity index (χ0n) is 25.9. The summed E-state index contributed by atoms with van der Waals surface area (Å²) in [6, 6.07) is 10.2. The first-order valence-electron chi connectivity index (χ1n) is 15.6. The van der Waals surface area contributed by atoms with Crippen LogP contribution in [0.3, 0.4) is 0 Å². The van der Waals surface area contributed by atoms with Gasteiger partial charge in [-0.2, -0.15) is 0 Å². The van der Waals surface area contributed by atoms with Gasteiger partial charge in [0.05, 0.1) is 24.2 Å². The van der Waals surface area contributed by atoms with Crippen LogP contribution in [0.2, 0.25) is 0 Å². The molecule has 0 radical (unpaired) electrons. The number of piperazine rings is 1. The molecule has 1 N–H and O–H groups in total. The molecule has 3 fully saturated rings. The van der Waals surface area contributed by atoms with Crippen LogP contribution in [0, 0.1) is 22.7 Å². The number of aliphatic hydroxyl groups excluding tert-OH is 1. The number of carbonyl (C=O) groups excluding carboxylic acids is 4. The summed E-state index contributed by atoms with van der Waals surface area (Å²) in [5.41, 5.74) is 0.289. The standard InChI is InChI=1S/C34H42N2O8/c1-20(37)43-24-16-33(2)23(10-11-25(33)38)27-29(24)34(3)26(19-42-4)44-32(41)22(28(34)31(40)30(27)39)18-36-14-12-35(13-15-36)17-21-8-6-5-7-9-21/h5-9,18,23-26,28,38H,10-17,19H2,1-4H3/t23?,24-,25+,26-,28?,33+,34+/m1/s1. The molecule has 10 nitrogen and oxygen atoms in total. The van der Waals surface area contributed by atoms with Gasteiger partial charge in [0.2, 0.25) is 11.6 Å². The van der Waals surface area contributed by atoms with Crippen LogP contribution in [-0.4, -0.2) is 96.6 Å². The van der Waals surface area contributed by atoms with Gasteiger partial charge in [0, 0.05) is 69.4 Å². The van der Waals surface area contributed by atoms with E-state index in [4.69, 9.17) is 14.2 Å². The third kappa shape index (κ3) is 4.91. The lowest BCUT2D eigenvalue weighted by Gasteiger charge is -2.56. The number of ether oxygens (including phenoxy) is 3. The minimum atomic E-state index is -1.19. The van der Waals surface area contributed by atoms with Gasteiger partial charge in [-0.1, -0.05) is 44.2 Å². The molecular formula is C34H42N2O8. The zero-order valence-corrected chi connectivity index (χ0v) is 25.9. The number of esters is 2. The van der Waals surface area contributed by atoms with E-state index < -0.39 is 58.6 Å². The van der Waals surface area contributed by atoms with Gasteiger partial charge in [0.25, 0.3) is 0 Å². The van der Waals surface area contributed by atoms with Crippen LogP contribution in [0.25, 0.3) is 0 Å². The lowest BCUT2D eigenvalue weighted by molar-refractivity contribution is -0.175. The third-order valence-electron chi connectivity index (χ3n) is 10.9. The van der Waals surface area contributed by atoms with Gasteiger partial charge in [-0.25, -0.2) is 4.79 Å². The molecule has 3 aliphatic carbocycles. The Kier molecular flexibility index (Phi) is 8.05. The van der Waals surface area contributed by atoms with Gasteiger partial charge in [-0.15, -0.1) is 0 Å². The molecule has 1 aromatic carbocycles. The Morgan fingerprint density at radius 1 is 1.09 bits per heavy atom. The van der Waals surface area contributed by atoms with Crippen LogP contribution in [0.1, 0.15) is 45.6 Å². The highest BCUT2D eigenvalue weighted by atomic mass is 16.6. The van der Waals surface area contributed by atoms with Gasteiger partial charge < -0.3 is 24.2 Å². The number of methoxy groups -OCH3 is 1. The maximum Gasteiger partial charge on any atom is 0.336 e. The van der Waals surface area contributed by atoms with E-state index in [1.165, 1.54) is 19.6 Å². The highest BCUT2D eigenvalue weighted by Gasteiger charge is 2.67. The van der Waals surface area contributed by atoms with Crippen LogP contribution in [0.5, 0.6) is 0 Å². The van der Waals surface area contributed by atoms with E-state index in [2.05, 4.69) is 17.0 Å². The molecule has 44 heavy (non-hydrogen) atoms. The minimum absolute atomic E-state index is 0.000217. The van der Waals surface area contributed by atoms with Gasteiger partial charge in [-0.05, 0) is 36.3 Å². The maximum absolute atomic E-state index is 14.3. The van der Waals surface area contributed by atoms with Gasteiger partial charge in [0.1, 0.15) is 12.2 Å². The first kappa shape index (κ1) is 30.7. The predicted octanol–water partition coefficient (Wildman–Crippen LogP) is 2.44. The molecule has 236 valence electrons. The number of allylic oxidation sites excluding steroid dienone is 1. The number of nitrogens with zero attached hydrogens (tertiary/aromatic N) is 2. The Morgan fingerprint density at radius 3 is 2.45 bits per heavy atom. The third-order valence-corrected chi connectivity index (χ3v) is 10.9. The van der Waals surface area contributed by atoms with Crippen molar-refractivity contribution in [1.29, 1.82) is 0 Å². The monoisotopic (exact) mass is 606 g/mol. The normalized spacial score (nSPS) is 36.6. The summed E-state index contributed by atoms with van der Waals surface area (Å²) in [6.45, 7) is 8.68. The Hall–Kier alpha value is -3.34. The van der Waals surface area contributed by atoms with E-state index in [9.17, 15) is 24.3 Å². The van der Waals surface area contributed by atoms with E-state index in [1.807, 2.05) is 36.9 Å². The number of Topliss-reactive ketones (excluding diaryl/α,β-unsaturated/α-hetero) is 2. The maximum atomic E-state index is 14.3. The first-order chi connectivity index (χ1) is 21.0. The lowest BCUT2D eigenvalue weighted by Crippen LogP contribution is -2.63. The largest absolute Gasteiger partial charge is 0.458 e. The molecule has 2 saturated heterocycles. The molecule has 2 unspecified atom stereocenters. The number of cyclic esters (lactones) is 1. The zero-order chi connectivity index (χ0) is 31.4. The van der Waals surface area contributed by atoms with Crippen LogP contribution in [-0.2, 0) is 39.9 Å². The second kappa shape index (κ2) is 11.5. The molecule has 10 heteroatoms. The summed E-state index contributed by atoms with van der Waals surface area (Å²) < 4.78 is 17.4. The van der Waals surface area contributed by atoms with Gasteiger partial charge in [-0.3, -0.25) is 19.3 Å². The number of hydrogen-bond donors (Lipinski definition) is 1. The van der Waals surface area contributed by atoms with E-state index in [0.717, 1.165) is 19.6 Å². The molecule has 2 aliphatic heterocycles. The summed E-state index contributed by atoms with van der Waals surface area (Å²) in [5, 5.41) is 11.0. The average Bonchev–Trinajstić information content (AvgIpc) is 3.28. The van der Waals surface area contributed by atoms with E-state index in [0.29, 0.717) is 43.5 Å². The van der Waals surface area contributed by atoms with Crippen molar-refractivity contribution in [3.8, 4) is 0 Å². The second-order valence-corrected chi connectivity index (χ2v) is 13.4. The summed E-state index contributed by atoms with van der Waals surface area (Å²) >= 11 is 0. The molecule has 0 aromatic heterocycles. The van der Waals surface area contributed by atoms with Crippen LogP contribution < -0.4 is 0 Å². The highest BCUT2D eigenvalue weighted by molar-refractivity contribution is 6.47. The van der Waals surface area contributed by atoms with Crippen LogP contribution in [0.4, 0.5) is 0 Å². The highest BCUT2D eigenvalue weighted by Crippen LogP contribution is 2.63. The smallest absolute Gasteiger partial charge is 0.336 e. The predicted molar refractivity (Wildman–Crippen MR) is 159 cm³/mol. The summed E-state index contributed by atoms with van der Waals surface area (Å²) in [5.74, 6) is -3.99. The lowest BCUT2D eigenvalue weighted by atomic mass is 9.50. The van der Waals surface area contributed by atoms with E-state index >= 15 is 0 Å². The first-order valence-corrected chi connectivity index (χ1v) is 15.6. The Balaban J connectivity index is 1.39. The fourth-order valence-corrected chi connectivity index (χ4v) is 8.58. The van der Waals surface area contributed by atoms with Crippen LogP contribution in [0.15, 0.2) is 53.3 Å². The number of fused-ring (bicyclic) bond motifs is 4. The number of ketones is 2. The molecule has 0 bridgehead atoms. The quantitative estimate of drug-likeness (QED) is 0.294. The molecule has 0 spiro atoms. The number of rotatable bonds is 6. The SMILES string of the molecule is COC[C@H]1OC(=O)C(=CN2CCN(Cc3ccccc3)CC2)C2C(=O)C(=O)C3=C([C@H](OC(C)=O)C[C@@]4(C)C3CC[C@@H]4O)[C@]21C. The van der Waals surface area contributed by atoms with Crippen molar-refractivity contribution in [2.75, 3.05) is 39.9 Å². The summed E-state index contributed by atoms with van der Waals surface area (Å²) in [7, 11) is 1.49. The van der Waals surface area contributed by atoms with Gasteiger partial charge >= 0.3 is 11.9 Å². The fourth-order valence-electron chi connectivity index (χ4n) is 8.58. The average molecular weight is 607 g/mol. The number of carbonyl (C=O) groups is 4. The van der Waals surface area contributed by atoms with Crippen molar-refractivity contribution in [2.45, 2.75) is 64.9 Å².